The molecule has 2 aliphatic rings. The second-order valence-corrected chi connectivity index (χ2v) is 9.04. The van der Waals surface area contributed by atoms with E-state index >= 15 is 0 Å². The van der Waals surface area contributed by atoms with E-state index in [1.54, 1.807) is 12.1 Å². The van der Waals surface area contributed by atoms with Crippen LogP contribution in [0.25, 0.3) is 0 Å². The van der Waals surface area contributed by atoms with Crippen LogP contribution < -0.4 is 10.2 Å². The lowest BCUT2D eigenvalue weighted by Gasteiger charge is -2.19. The molecule has 1 aliphatic heterocycles. The van der Waals surface area contributed by atoms with Gasteiger partial charge in [0.2, 0.25) is 0 Å². The van der Waals surface area contributed by atoms with Crippen molar-refractivity contribution in [2.45, 2.75) is 31.8 Å². The molecule has 3 aromatic carbocycles. The summed E-state index contributed by atoms with van der Waals surface area (Å²) in [5, 5.41) is 32.7. The van der Waals surface area contributed by atoms with Gasteiger partial charge in [-0.1, -0.05) is 42.5 Å². The minimum atomic E-state index is -3.10. The number of nitrogens with one attached hydrogen (secondary N) is 1. The molecular weight excluding hydrogens is 460 g/mol. The summed E-state index contributed by atoms with van der Waals surface area (Å²) in [5.41, 5.74) is 6.94. The topological polar surface area (TPSA) is 136 Å². The van der Waals surface area contributed by atoms with Gasteiger partial charge < -0.3 is 20.1 Å². The third kappa shape index (κ3) is 5.49. The van der Waals surface area contributed by atoms with E-state index in [1.807, 2.05) is 48.5 Å². The van der Waals surface area contributed by atoms with E-state index in [0.29, 0.717) is 35.3 Å². The number of ether oxygens (including phenoxy) is 1. The molecule has 36 heavy (non-hydrogen) atoms. The van der Waals surface area contributed by atoms with Gasteiger partial charge in [0, 0.05) is 11.1 Å². The molecule has 1 fully saturated rings. The van der Waals surface area contributed by atoms with Crippen molar-refractivity contribution in [1.82, 2.24) is 0 Å². The fraction of sp³-hybridized carbons (Fsp3) is 0.259. The molecular formula is C27H26N4O5. The SMILES string of the molecule is O=NNc1cc(C2=NC(c3ccc(OCc4ccccc4)c(C(O)(O)O)c3)=NC2)ccc1CC1CC1. The number of nitrogens with zero attached hydrogens (tertiary/aromatic N) is 3. The van der Waals surface area contributed by atoms with Gasteiger partial charge in [-0.05, 0) is 60.6 Å². The lowest BCUT2D eigenvalue weighted by Crippen LogP contribution is -2.25. The molecule has 1 aliphatic carbocycles. The molecule has 1 heterocycles. The maximum atomic E-state index is 10.9. The molecule has 0 atom stereocenters. The number of rotatable bonds is 10. The normalized spacial score (nSPS) is 15.3. The molecule has 184 valence electrons. The second kappa shape index (κ2) is 9.98. The van der Waals surface area contributed by atoms with Gasteiger partial charge in [0.1, 0.15) is 12.4 Å². The summed E-state index contributed by atoms with van der Waals surface area (Å²) in [7, 11) is 0. The summed E-state index contributed by atoms with van der Waals surface area (Å²) in [4.78, 5) is 20.0. The molecule has 1 saturated carbocycles. The number of nitroso groups, excluding NO2 is 1. The largest absolute Gasteiger partial charge is 0.488 e. The molecule has 0 saturated heterocycles. The number of hydrogen-bond donors (Lipinski definition) is 4. The van der Waals surface area contributed by atoms with Crippen LogP contribution in [-0.2, 0) is 19.0 Å². The van der Waals surface area contributed by atoms with Crippen LogP contribution in [0, 0.1) is 10.8 Å². The van der Waals surface area contributed by atoms with Crippen LogP contribution >= 0.6 is 0 Å². The summed E-state index contributed by atoms with van der Waals surface area (Å²) < 4.78 is 5.74. The average molecular weight is 487 g/mol. The van der Waals surface area contributed by atoms with Crippen molar-refractivity contribution < 1.29 is 20.1 Å². The van der Waals surface area contributed by atoms with Crippen molar-refractivity contribution in [3.63, 3.8) is 0 Å². The summed E-state index contributed by atoms with van der Waals surface area (Å²) >= 11 is 0. The number of aliphatic imine (C=N–C) groups is 2. The fourth-order valence-electron chi connectivity index (χ4n) is 4.17. The van der Waals surface area contributed by atoms with Crippen molar-refractivity contribution in [1.29, 1.82) is 0 Å². The predicted molar refractivity (Wildman–Crippen MR) is 136 cm³/mol. The van der Waals surface area contributed by atoms with Crippen LogP contribution in [0.3, 0.4) is 0 Å². The van der Waals surface area contributed by atoms with Crippen molar-refractivity contribution in [2.24, 2.45) is 21.2 Å². The zero-order chi connectivity index (χ0) is 25.1. The Morgan fingerprint density at radius 2 is 1.78 bits per heavy atom. The number of aliphatic hydroxyl groups is 3. The Bertz CT molecular complexity index is 1330. The van der Waals surface area contributed by atoms with E-state index in [4.69, 9.17) is 4.74 Å². The Balaban J connectivity index is 1.38. The van der Waals surface area contributed by atoms with E-state index < -0.39 is 5.97 Å². The predicted octanol–water partition coefficient (Wildman–Crippen LogP) is 3.65. The zero-order valence-corrected chi connectivity index (χ0v) is 19.5. The Labute approximate surface area is 207 Å². The number of amidine groups is 1. The molecule has 0 unspecified atom stereocenters. The van der Waals surface area contributed by atoms with Crippen molar-refractivity contribution in [3.8, 4) is 5.75 Å². The van der Waals surface area contributed by atoms with Gasteiger partial charge in [-0.3, -0.25) is 4.99 Å². The van der Waals surface area contributed by atoms with E-state index in [0.717, 1.165) is 23.1 Å². The van der Waals surface area contributed by atoms with Crippen LogP contribution in [0.2, 0.25) is 0 Å². The van der Waals surface area contributed by atoms with Gasteiger partial charge in [0.25, 0.3) is 0 Å². The molecule has 0 spiro atoms. The second-order valence-electron chi connectivity index (χ2n) is 9.04. The molecule has 3 aromatic rings. The number of hydrogen-bond acceptors (Lipinski definition) is 8. The summed E-state index contributed by atoms with van der Waals surface area (Å²) in [5.74, 6) is -1.93. The average Bonchev–Trinajstić information content (AvgIpc) is 3.55. The Morgan fingerprint density at radius 3 is 2.50 bits per heavy atom. The first-order valence-corrected chi connectivity index (χ1v) is 11.7. The number of anilines is 1. The van der Waals surface area contributed by atoms with Gasteiger partial charge >= 0.3 is 5.97 Å². The highest BCUT2D eigenvalue weighted by Crippen LogP contribution is 2.35. The smallest absolute Gasteiger partial charge is 0.308 e. The monoisotopic (exact) mass is 486 g/mol. The third-order valence-electron chi connectivity index (χ3n) is 6.27. The lowest BCUT2D eigenvalue weighted by atomic mass is 10.0. The third-order valence-corrected chi connectivity index (χ3v) is 6.27. The molecule has 0 bridgehead atoms. The molecule has 4 N–H and O–H groups in total. The van der Waals surface area contributed by atoms with Crippen molar-refractivity contribution in [2.75, 3.05) is 12.0 Å². The Hall–Kier alpha value is -3.92. The lowest BCUT2D eigenvalue weighted by molar-refractivity contribution is -0.324. The molecule has 9 heteroatoms. The van der Waals surface area contributed by atoms with E-state index in [-0.39, 0.29) is 17.9 Å². The van der Waals surface area contributed by atoms with Crippen LogP contribution in [0.1, 0.15) is 40.7 Å². The Kier molecular flexibility index (Phi) is 6.60. The van der Waals surface area contributed by atoms with Gasteiger partial charge in [-0.15, -0.1) is 4.91 Å². The van der Waals surface area contributed by atoms with Gasteiger partial charge in [-0.2, -0.15) is 0 Å². The molecule has 9 nitrogen and oxygen atoms in total. The van der Waals surface area contributed by atoms with Gasteiger partial charge in [-0.25, -0.2) is 10.4 Å². The first-order chi connectivity index (χ1) is 17.4. The summed E-state index contributed by atoms with van der Waals surface area (Å²) in [6, 6.07) is 19.8. The zero-order valence-electron chi connectivity index (χ0n) is 19.5. The maximum Gasteiger partial charge on any atom is 0.308 e. The quantitative estimate of drug-likeness (QED) is 0.196. The molecule has 5 rings (SSSR count). The van der Waals surface area contributed by atoms with Gasteiger partial charge in [0.05, 0.1) is 28.8 Å². The fourth-order valence-corrected chi connectivity index (χ4v) is 4.17. The van der Waals surface area contributed by atoms with E-state index in [1.165, 1.54) is 18.9 Å². The summed E-state index contributed by atoms with van der Waals surface area (Å²) in [6.45, 7) is 0.505. The van der Waals surface area contributed by atoms with Crippen LogP contribution in [-0.4, -0.2) is 33.4 Å². The molecule has 0 amide bonds. The molecule has 0 aromatic heterocycles. The minimum absolute atomic E-state index is 0.126. The van der Waals surface area contributed by atoms with Crippen molar-refractivity contribution in [3.05, 3.63) is 99.5 Å². The molecule has 0 radical (unpaired) electrons. The van der Waals surface area contributed by atoms with Crippen LogP contribution in [0.15, 0.2) is 82.0 Å². The van der Waals surface area contributed by atoms with Gasteiger partial charge in [0.15, 0.2) is 5.84 Å². The first kappa shape index (κ1) is 23.8. The van der Waals surface area contributed by atoms with Crippen molar-refractivity contribution >= 4 is 17.2 Å². The number of benzene rings is 3. The summed E-state index contributed by atoms with van der Waals surface area (Å²) in [6.07, 6.45) is 3.31. The highest BCUT2D eigenvalue weighted by atomic mass is 16.7. The Morgan fingerprint density at radius 1 is 1.00 bits per heavy atom. The highest BCUT2D eigenvalue weighted by molar-refractivity contribution is 6.17. The van der Waals surface area contributed by atoms with E-state index in [9.17, 15) is 20.2 Å². The maximum absolute atomic E-state index is 10.9. The van der Waals surface area contributed by atoms with Crippen LogP contribution in [0.5, 0.6) is 5.75 Å². The first-order valence-electron chi connectivity index (χ1n) is 11.7. The minimum Gasteiger partial charge on any atom is -0.488 e. The van der Waals surface area contributed by atoms with E-state index in [2.05, 4.69) is 20.7 Å². The van der Waals surface area contributed by atoms with Crippen LogP contribution in [0.4, 0.5) is 5.69 Å². The standard InChI is InChI=1S/C27H26N4O5/c32-27(33,34)22-13-21(10-11-25(22)36-16-18-4-2-1-3-5-18)26-28-15-24(29-26)20-9-8-19(12-17-6-7-17)23(14-20)30-31-35/h1-5,8-11,13-14,17,32-34H,6-7,12,15-16H2,(H,30,35). The highest BCUT2D eigenvalue weighted by Gasteiger charge is 2.28.